The number of ether oxygens (including phenoxy) is 2. The van der Waals surface area contributed by atoms with Crippen molar-refractivity contribution in [1.29, 1.82) is 0 Å². The second-order valence-corrected chi connectivity index (χ2v) is 8.79. The summed E-state index contributed by atoms with van der Waals surface area (Å²) in [5.41, 5.74) is 1.31. The highest BCUT2D eigenvalue weighted by Gasteiger charge is 2.32. The molecule has 30 heavy (non-hydrogen) atoms. The van der Waals surface area contributed by atoms with Gasteiger partial charge < -0.3 is 14.8 Å². The number of sulfonamides is 1. The van der Waals surface area contributed by atoms with Gasteiger partial charge in [0.1, 0.15) is 17.5 Å². The molecule has 7 nitrogen and oxygen atoms in total. The Hall–Kier alpha value is -2.74. The maximum Gasteiger partial charge on any atom is 0.244 e. The number of hydrogen-bond acceptors (Lipinski definition) is 5. The van der Waals surface area contributed by atoms with E-state index in [9.17, 15) is 13.2 Å². The molecule has 1 N–H and O–H groups in total. The Balaban J connectivity index is 2.34. The second-order valence-electron chi connectivity index (χ2n) is 6.93. The lowest BCUT2D eigenvalue weighted by Gasteiger charge is -2.31. The first kappa shape index (κ1) is 23.5. The van der Waals surface area contributed by atoms with E-state index >= 15 is 0 Å². The Morgan fingerprint density at radius 1 is 1.00 bits per heavy atom. The lowest BCUT2D eigenvalue weighted by atomic mass is 10.0. The Bertz CT molecular complexity index is 944. The van der Waals surface area contributed by atoms with Crippen molar-refractivity contribution in [1.82, 2.24) is 5.32 Å². The third-order valence-electron chi connectivity index (χ3n) is 4.88. The number of rotatable bonds is 10. The number of carbonyl (C=O) groups is 1. The van der Waals surface area contributed by atoms with E-state index in [4.69, 9.17) is 9.47 Å². The highest BCUT2D eigenvalue weighted by atomic mass is 32.2. The average molecular weight is 435 g/mol. The van der Waals surface area contributed by atoms with Crippen molar-refractivity contribution in [3.8, 4) is 11.5 Å². The number of benzene rings is 2. The van der Waals surface area contributed by atoms with Gasteiger partial charge in [0.25, 0.3) is 0 Å². The van der Waals surface area contributed by atoms with Crippen molar-refractivity contribution in [2.24, 2.45) is 0 Å². The summed E-state index contributed by atoms with van der Waals surface area (Å²) >= 11 is 0. The SMILES string of the molecule is CCC(NC(=O)C(CC)N(c1cccc(OC)c1)S(C)(=O)=O)c1ccc(OC)cc1. The minimum Gasteiger partial charge on any atom is -0.497 e. The van der Waals surface area contributed by atoms with Crippen LogP contribution in [-0.2, 0) is 14.8 Å². The monoisotopic (exact) mass is 434 g/mol. The molecule has 0 fully saturated rings. The zero-order chi connectivity index (χ0) is 22.3. The molecule has 1 amide bonds. The molecular formula is C22H30N2O5S. The highest BCUT2D eigenvalue weighted by Crippen LogP contribution is 2.27. The lowest BCUT2D eigenvalue weighted by Crippen LogP contribution is -2.50. The van der Waals surface area contributed by atoms with E-state index in [1.165, 1.54) is 7.11 Å². The molecule has 0 aromatic heterocycles. The predicted molar refractivity (Wildman–Crippen MR) is 119 cm³/mol. The maximum absolute atomic E-state index is 13.2. The molecule has 0 aliphatic heterocycles. The molecule has 2 aromatic carbocycles. The molecule has 0 saturated carbocycles. The topological polar surface area (TPSA) is 84.9 Å². The van der Waals surface area contributed by atoms with E-state index < -0.39 is 16.1 Å². The zero-order valence-electron chi connectivity index (χ0n) is 18.1. The van der Waals surface area contributed by atoms with Crippen LogP contribution >= 0.6 is 0 Å². The highest BCUT2D eigenvalue weighted by molar-refractivity contribution is 7.92. The molecule has 0 heterocycles. The lowest BCUT2D eigenvalue weighted by molar-refractivity contribution is -0.123. The number of methoxy groups -OCH3 is 2. The molecule has 2 atom stereocenters. The quantitative estimate of drug-likeness (QED) is 0.618. The largest absolute Gasteiger partial charge is 0.497 e. The van der Waals surface area contributed by atoms with Crippen LogP contribution < -0.4 is 19.1 Å². The van der Waals surface area contributed by atoms with E-state index in [0.717, 1.165) is 21.9 Å². The molecule has 2 unspecified atom stereocenters. The normalized spacial score (nSPS) is 13.2. The van der Waals surface area contributed by atoms with Crippen molar-refractivity contribution in [2.75, 3.05) is 24.8 Å². The third-order valence-corrected chi connectivity index (χ3v) is 6.06. The molecule has 0 saturated heterocycles. The number of nitrogens with one attached hydrogen (secondary N) is 1. The molecule has 164 valence electrons. The van der Waals surface area contributed by atoms with Crippen molar-refractivity contribution < 1.29 is 22.7 Å². The van der Waals surface area contributed by atoms with Crippen LogP contribution in [0.1, 0.15) is 38.3 Å². The van der Waals surface area contributed by atoms with Crippen LogP contribution in [0.15, 0.2) is 48.5 Å². The summed E-state index contributed by atoms with van der Waals surface area (Å²) in [5, 5.41) is 3.01. The molecular weight excluding hydrogens is 404 g/mol. The second kappa shape index (κ2) is 10.3. The summed E-state index contributed by atoms with van der Waals surface area (Å²) in [7, 11) is -0.611. The van der Waals surface area contributed by atoms with Crippen LogP contribution in [-0.4, -0.2) is 40.8 Å². The van der Waals surface area contributed by atoms with E-state index in [2.05, 4.69) is 5.32 Å². The summed E-state index contributed by atoms with van der Waals surface area (Å²) in [6.45, 7) is 3.75. The van der Waals surface area contributed by atoms with Crippen LogP contribution in [0, 0.1) is 0 Å². The number of carbonyl (C=O) groups excluding carboxylic acids is 1. The fourth-order valence-corrected chi connectivity index (χ4v) is 4.54. The van der Waals surface area contributed by atoms with Crippen LogP contribution in [0.3, 0.4) is 0 Å². The molecule has 0 spiro atoms. The van der Waals surface area contributed by atoms with E-state index in [-0.39, 0.29) is 11.9 Å². The van der Waals surface area contributed by atoms with Crippen molar-refractivity contribution in [2.45, 2.75) is 38.8 Å². The number of hydrogen-bond donors (Lipinski definition) is 1. The molecule has 8 heteroatoms. The van der Waals surface area contributed by atoms with Gasteiger partial charge in [0, 0.05) is 6.07 Å². The summed E-state index contributed by atoms with van der Waals surface area (Å²) in [4.78, 5) is 13.2. The summed E-state index contributed by atoms with van der Waals surface area (Å²) < 4.78 is 36.8. The minimum atomic E-state index is -3.72. The number of anilines is 1. The van der Waals surface area contributed by atoms with Gasteiger partial charge in [0.05, 0.1) is 32.2 Å². The van der Waals surface area contributed by atoms with Gasteiger partial charge in [0.2, 0.25) is 15.9 Å². The van der Waals surface area contributed by atoms with Gasteiger partial charge >= 0.3 is 0 Å². The van der Waals surface area contributed by atoms with Crippen molar-refractivity contribution in [3.05, 3.63) is 54.1 Å². The Kier molecular flexibility index (Phi) is 8.11. The van der Waals surface area contributed by atoms with Crippen molar-refractivity contribution in [3.63, 3.8) is 0 Å². The summed E-state index contributed by atoms with van der Waals surface area (Å²) in [6, 6.07) is 13.0. The van der Waals surface area contributed by atoms with E-state index in [1.807, 2.05) is 31.2 Å². The van der Waals surface area contributed by atoms with E-state index in [1.54, 1.807) is 38.3 Å². The van der Waals surface area contributed by atoms with Gasteiger partial charge in [-0.15, -0.1) is 0 Å². The first-order valence-corrected chi connectivity index (χ1v) is 11.7. The molecule has 0 bridgehead atoms. The number of amides is 1. The standard InChI is InChI=1S/C22H30N2O5S/c1-6-20(16-11-13-18(28-3)14-12-16)23-22(25)21(7-2)24(30(5,26)27)17-9-8-10-19(15-17)29-4/h8-15,20-21H,6-7H2,1-5H3,(H,23,25). The number of nitrogens with zero attached hydrogens (tertiary/aromatic N) is 1. The van der Waals surface area contributed by atoms with Gasteiger partial charge in [-0.1, -0.05) is 32.0 Å². The third kappa shape index (κ3) is 5.66. The fraction of sp³-hybridized carbons (Fsp3) is 0.409. The van der Waals surface area contributed by atoms with Gasteiger partial charge in [-0.25, -0.2) is 8.42 Å². The van der Waals surface area contributed by atoms with Crippen LogP contribution in [0.2, 0.25) is 0 Å². The Morgan fingerprint density at radius 3 is 2.13 bits per heavy atom. The molecule has 0 radical (unpaired) electrons. The van der Waals surface area contributed by atoms with Gasteiger partial charge in [0.15, 0.2) is 0 Å². The fourth-order valence-electron chi connectivity index (χ4n) is 3.33. The Morgan fingerprint density at radius 2 is 1.63 bits per heavy atom. The Labute approximate surface area is 179 Å². The average Bonchev–Trinajstić information content (AvgIpc) is 2.74. The van der Waals surface area contributed by atoms with Gasteiger partial charge in [-0.3, -0.25) is 9.10 Å². The van der Waals surface area contributed by atoms with Crippen LogP contribution in [0.4, 0.5) is 5.69 Å². The molecule has 0 aliphatic carbocycles. The first-order valence-electron chi connectivity index (χ1n) is 9.82. The van der Waals surface area contributed by atoms with E-state index in [0.29, 0.717) is 24.3 Å². The summed E-state index contributed by atoms with van der Waals surface area (Å²) in [6.07, 6.45) is 2.07. The van der Waals surface area contributed by atoms with Crippen molar-refractivity contribution >= 4 is 21.6 Å². The zero-order valence-corrected chi connectivity index (χ0v) is 18.9. The maximum atomic E-state index is 13.2. The summed E-state index contributed by atoms with van der Waals surface area (Å²) in [5.74, 6) is 0.891. The molecule has 2 rings (SSSR count). The molecule has 2 aromatic rings. The predicted octanol–water partition coefficient (Wildman–Crippen LogP) is 3.52. The first-order chi connectivity index (χ1) is 14.2. The smallest absolute Gasteiger partial charge is 0.244 e. The van der Waals surface area contributed by atoms with Gasteiger partial charge in [-0.05, 0) is 42.7 Å². The van der Waals surface area contributed by atoms with Crippen LogP contribution in [0.25, 0.3) is 0 Å². The van der Waals surface area contributed by atoms with Crippen LogP contribution in [0.5, 0.6) is 11.5 Å². The minimum absolute atomic E-state index is 0.246. The van der Waals surface area contributed by atoms with Gasteiger partial charge in [-0.2, -0.15) is 0 Å². The molecule has 0 aliphatic rings.